The van der Waals surface area contributed by atoms with Crippen molar-refractivity contribution in [3.63, 3.8) is 0 Å². The van der Waals surface area contributed by atoms with E-state index in [4.69, 9.17) is 11.6 Å². The number of rotatable bonds is 6. The van der Waals surface area contributed by atoms with Crippen LogP contribution in [0.15, 0.2) is 18.2 Å². The summed E-state index contributed by atoms with van der Waals surface area (Å²) in [6.45, 7) is 1.24. The number of carbonyl (C=O) groups excluding carboxylic acids is 1. The second-order valence-electron chi connectivity index (χ2n) is 3.59. The van der Waals surface area contributed by atoms with E-state index in [0.717, 1.165) is 5.56 Å². The summed E-state index contributed by atoms with van der Waals surface area (Å²) in [5.74, 6) is -0.559. The molecule has 1 aromatic carbocycles. The van der Waals surface area contributed by atoms with Crippen LogP contribution in [-0.4, -0.2) is 19.6 Å². The van der Waals surface area contributed by atoms with Crippen LogP contribution in [0.2, 0.25) is 5.02 Å². The van der Waals surface area contributed by atoms with Crippen molar-refractivity contribution in [3.8, 4) is 0 Å². The van der Waals surface area contributed by atoms with Gasteiger partial charge in [-0.15, -0.1) is 0 Å². The average Bonchev–Trinajstić information content (AvgIpc) is 2.30. The molecule has 0 heterocycles. The molecule has 3 nitrogen and oxygen atoms in total. The number of hydrogen-bond donors (Lipinski definition) is 1. The van der Waals surface area contributed by atoms with Crippen molar-refractivity contribution >= 4 is 17.6 Å². The van der Waals surface area contributed by atoms with Gasteiger partial charge in [-0.3, -0.25) is 4.79 Å². The van der Waals surface area contributed by atoms with Crippen molar-refractivity contribution in [2.24, 2.45) is 0 Å². The van der Waals surface area contributed by atoms with Crippen molar-refractivity contribution in [1.29, 1.82) is 0 Å². The van der Waals surface area contributed by atoms with Gasteiger partial charge in [0.2, 0.25) is 0 Å². The first-order valence-corrected chi connectivity index (χ1v) is 5.72. The van der Waals surface area contributed by atoms with E-state index in [-0.39, 0.29) is 11.8 Å². The molecule has 0 aromatic heterocycles. The van der Waals surface area contributed by atoms with Crippen LogP contribution in [0.25, 0.3) is 0 Å². The van der Waals surface area contributed by atoms with Crippen molar-refractivity contribution in [2.75, 3.05) is 13.7 Å². The predicted octanol–water partition coefficient (Wildman–Crippen LogP) is 2.52. The maximum Gasteiger partial charge on any atom is 0.305 e. The number of methoxy groups -OCH3 is 1. The van der Waals surface area contributed by atoms with Gasteiger partial charge in [0.15, 0.2) is 0 Å². The fourth-order valence-corrected chi connectivity index (χ4v) is 1.58. The molecule has 0 amide bonds. The van der Waals surface area contributed by atoms with Crippen LogP contribution in [0, 0.1) is 5.82 Å². The van der Waals surface area contributed by atoms with Gasteiger partial charge in [0.05, 0.1) is 7.11 Å². The minimum absolute atomic E-state index is 0.216. The highest BCUT2D eigenvalue weighted by Gasteiger charge is 2.02. The lowest BCUT2D eigenvalue weighted by Gasteiger charge is -2.06. The summed E-state index contributed by atoms with van der Waals surface area (Å²) in [6.07, 6.45) is 1.09. The van der Waals surface area contributed by atoms with Gasteiger partial charge in [0.1, 0.15) is 5.82 Å². The molecule has 1 N–H and O–H groups in total. The maximum atomic E-state index is 12.8. The van der Waals surface area contributed by atoms with E-state index in [1.165, 1.54) is 19.2 Å². The predicted molar refractivity (Wildman–Crippen MR) is 64.4 cm³/mol. The van der Waals surface area contributed by atoms with Crippen LogP contribution in [0.4, 0.5) is 4.39 Å². The molecule has 17 heavy (non-hydrogen) atoms. The maximum absolute atomic E-state index is 12.8. The second-order valence-corrected chi connectivity index (χ2v) is 4.00. The fraction of sp³-hybridized carbons (Fsp3) is 0.417. The molecule has 0 fully saturated rings. The Balaban J connectivity index is 2.24. The lowest BCUT2D eigenvalue weighted by Crippen LogP contribution is -2.16. The van der Waals surface area contributed by atoms with E-state index in [1.54, 1.807) is 6.07 Å². The standard InChI is InChI=1S/C12H15ClFNO2/c1-17-12(16)3-2-6-15-8-9-4-5-10(14)7-11(9)13/h4-5,7,15H,2-3,6,8H2,1H3. The zero-order valence-corrected chi connectivity index (χ0v) is 10.4. The van der Waals surface area contributed by atoms with E-state index in [1.807, 2.05) is 0 Å². The SMILES string of the molecule is COC(=O)CCCNCc1ccc(F)cc1Cl. The first kappa shape index (κ1) is 13.9. The van der Waals surface area contributed by atoms with Crippen molar-refractivity contribution in [3.05, 3.63) is 34.6 Å². The molecule has 0 unspecified atom stereocenters. The highest BCUT2D eigenvalue weighted by Crippen LogP contribution is 2.16. The molecule has 0 aliphatic carbocycles. The quantitative estimate of drug-likeness (QED) is 0.630. The summed E-state index contributed by atoms with van der Waals surface area (Å²) >= 11 is 5.86. The Hall–Kier alpha value is -1.13. The van der Waals surface area contributed by atoms with Gasteiger partial charge < -0.3 is 10.1 Å². The van der Waals surface area contributed by atoms with Crippen LogP contribution in [0.1, 0.15) is 18.4 Å². The number of carbonyl (C=O) groups is 1. The van der Waals surface area contributed by atoms with Crippen molar-refractivity contribution < 1.29 is 13.9 Å². The highest BCUT2D eigenvalue weighted by molar-refractivity contribution is 6.31. The van der Waals surface area contributed by atoms with Gasteiger partial charge in [-0.1, -0.05) is 17.7 Å². The first-order chi connectivity index (χ1) is 8.13. The Morgan fingerprint density at radius 3 is 2.94 bits per heavy atom. The molecular weight excluding hydrogens is 245 g/mol. The summed E-state index contributed by atoms with van der Waals surface area (Å²) in [5, 5.41) is 3.53. The van der Waals surface area contributed by atoms with Crippen LogP contribution in [-0.2, 0) is 16.1 Å². The number of ether oxygens (including phenoxy) is 1. The normalized spacial score (nSPS) is 10.3. The minimum atomic E-state index is -0.343. The highest BCUT2D eigenvalue weighted by atomic mass is 35.5. The van der Waals surface area contributed by atoms with E-state index < -0.39 is 0 Å². The van der Waals surface area contributed by atoms with Gasteiger partial charge >= 0.3 is 5.97 Å². The zero-order chi connectivity index (χ0) is 12.7. The van der Waals surface area contributed by atoms with E-state index in [9.17, 15) is 9.18 Å². The van der Waals surface area contributed by atoms with Crippen LogP contribution in [0.3, 0.4) is 0 Å². The van der Waals surface area contributed by atoms with Crippen LogP contribution >= 0.6 is 11.6 Å². The molecule has 0 spiro atoms. The molecular formula is C12H15ClFNO2. The van der Waals surface area contributed by atoms with Crippen LogP contribution in [0.5, 0.6) is 0 Å². The summed E-state index contributed by atoms with van der Waals surface area (Å²) < 4.78 is 17.3. The molecule has 1 aromatic rings. The lowest BCUT2D eigenvalue weighted by atomic mass is 10.2. The smallest absolute Gasteiger partial charge is 0.305 e. The Morgan fingerprint density at radius 1 is 1.53 bits per heavy atom. The third-order valence-electron chi connectivity index (χ3n) is 2.29. The Bertz CT molecular complexity index is 385. The molecule has 0 atom stereocenters. The molecule has 94 valence electrons. The summed E-state index contributed by atoms with van der Waals surface area (Å²) in [6, 6.07) is 4.30. The molecule has 0 saturated heterocycles. The largest absolute Gasteiger partial charge is 0.469 e. The van der Waals surface area contributed by atoms with E-state index in [2.05, 4.69) is 10.1 Å². The van der Waals surface area contributed by atoms with Crippen LogP contribution < -0.4 is 5.32 Å². The summed E-state index contributed by atoms with van der Waals surface area (Å²) in [7, 11) is 1.37. The molecule has 0 radical (unpaired) electrons. The van der Waals surface area contributed by atoms with Crippen molar-refractivity contribution in [1.82, 2.24) is 5.32 Å². The molecule has 1 rings (SSSR count). The topological polar surface area (TPSA) is 38.3 Å². The van der Waals surface area contributed by atoms with Crippen molar-refractivity contribution in [2.45, 2.75) is 19.4 Å². The van der Waals surface area contributed by atoms with Gasteiger partial charge in [0, 0.05) is 18.0 Å². The molecule has 0 aliphatic heterocycles. The third kappa shape index (κ3) is 5.15. The Labute approximate surface area is 105 Å². The Kier molecular flexibility index (Phi) is 5.94. The van der Waals surface area contributed by atoms with Gasteiger partial charge in [-0.2, -0.15) is 0 Å². The first-order valence-electron chi connectivity index (χ1n) is 5.35. The number of esters is 1. The molecule has 5 heteroatoms. The number of benzene rings is 1. The second kappa shape index (κ2) is 7.25. The lowest BCUT2D eigenvalue weighted by molar-refractivity contribution is -0.140. The number of hydrogen-bond acceptors (Lipinski definition) is 3. The monoisotopic (exact) mass is 259 g/mol. The number of halogens is 2. The Morgan fingerprint density at radius 2 is 2.29 bits per heavy atom. The molecule has 0 saturated carbocycles. The van der Waals surface area contributed by atoms with Gasteiger partial charge in [-0.25, -0.2) is 4.39 Å². The van der Waals surface area contributed by atoms with Gasteiger partial charge in [-0.05, 0) is 30.7 Å². The summed E-state index contributed by atoms with van der Waals surface area (Å²) in [4.78, 5) is 10.8. The molecule has 0 bridgehead atoms. The third-order valence-corrected chi connectivity index (χ3v) is 2.64. The summed E-state index contributed by atoms with van der Waals surface area (Å²) in [5.41, 5.74) is 0.839. The van der Waals surface area contributed by atoms with Gasteiger partial charge in [0.25, 0.3) is 0 Å². The molecule has 0 aliphatic rings. The number of nitrogens with one attached hydrogen (secondary N) is 1. The average molecular weight is 260 g/mol. The van der Waals surface area contributed by atoms with E-state index in [0.29, 0.717) is 31.0 Å². The fourth-order valence-electron chi connectivity index (χ4n) is 1.35. The van der Waals surface area contributed by atoms with E-state index >= 15 is 0 Å². The minimum Gasteiger partial charge on any atom is -0.469 e. The zero-order valence-electron chi connectivity index (χ0n) is 9.63.